The summed E-state index contributed by atoms with van der Waals surface area (Å²) in [5.74, 6) is 0.372. The van der Waals surface area contributed by atoms with E-state index < -0.39 is 0 Å². The average Bonchev–Trinajstić information content (AvgIpc) is 3.01. The number of halogens is 2. The highest BCUT2D eigenvalue weighted by atomic mass is 35.5. The molecule has 0 bridgehead atoms. The fourth-order valence-electron chi connectivity index (χ4n) is 6.65. The topological polar surface area (TPSA) is 39.9 Å². The SMILES string of the molecule is [C-]#[N+]c1cccc(-c2ccc3c(c2)CCN(CC(=O)Nc2cc(Cl)cc(Cl)c2)C3C2CCN(Cc3ccccc3)CC2)c1. The third kappa shape index (κ3) is 7.12. The summed E-state index contributed by atoms with van der Waals surface area (Å²) in [6.45, 7) is 11.6. The van der Waals surface area contributed by atoms with E-state index in [1.54, 1.807) is 18.2 Å². The van der Waals surface area contributed by atoms with Crippen LogP contribution in [0.2, 0.25) is 10.0 Å². The van der Waals surface area contributed by atoms with Gasteiger partial charge in [-0.3, -0.25) is 14.6 Å². The van der Waals surface area contributed by atoms with Crippen molar-refractivity contribution in [2.24, 2.45) is 5.92 Å². The molecule has 0 aliphatic carbocycles. The molecule has 2 heterocycles. The zero-order valence-corrected chi connectivity index (χ0v) is 25.5. The van der Waals surface area contributed by atoms with Gasteiger partial charge in [0.05, 0.1) is 13.1 Å². The number of amides is 1. The van der Waals surface area contributed by atoms with Gasteiger partial charge in [0.2, 0.25) is 5.91 Å². The monoisotopic (exact) mass is 608 g/mol. The predicted octanol–water partition coefficient (Wildman–Crippen LogP) is 8.66. The molecule has 5 nitrogen and oxygen atoms in total. The molecule has 4 aromatic rings. The lowest BCUT2D eigenvalue weighted by Gasteiger charge is -2.44. The summed E-state index contributed by atoms with van der Waals surface area (Å²) < 4.78 is 0. The zero-order chi connectivity index (χ0) is 29.8. The quantitative estimate of drug-likeness (QED) is 0.213. The molecule has 0 saturated carbocycles. The second-order valence-electron chi connectivity index (χ2n) is 11.5. The number of nitrogens with zero attached hydrogens (tertiary/aromatic N) is 3. The number of fused-ring (bicyclic) bond motifs is 1. The van der Waals surface area contributed by atoms with Gasteiger partial charge in [0.25, 0.3) is 0 Å². The Morgan fingerprint density at radius 2 is 1.60 bits per heavy atom. The van der Waals surface area contributed by atoms with Crippen LogP contribution in [0.1, 0.15) is 35.6 Å². The van der Waals surface area contributed by atoms with Gasteiger partial charge in [-0.2, -0.15) is 0 Å². The van der Waals surface area contributed by atoms with E-state index in [9.17, 15) is 4.79 Å². The van der Waals surface area contributed by atoms with Crippen LogP contribution in [0, 0.1) is 12.5 Å². The van der Waals surface area contributed by atoms with E-state index in [0.29, 0.717) is 33.9 Å². The molecule has 2 aliphatic rings. The standard InChI is InChI=1S/C36H34Cl2N4O/c1-39-32-9-5-8-27(19-32)28-10-11-34-29(18-28)14-17-42(24-35(43)40-33-21-30(37)20-31(38)22-33)36(34)26-12-15-41(16-13-26)23-25-6-3-2-4-7-25/h2-11,18-22,26,36H,12-17,23-24H2,(H,40,43). The van der Waals surface area contributed by atoms with Crippen molar-refractivity contribution in [1.82, 2.24) is 9.80 Å². The van der Waals surface area contributed by atoms with Gasteiger partial charge < -0.3 is 5.32 Å². The van der Waals surface area contributed by atoms with Crippen molar-refractivity contribution in [3.63, 3.8) is 0 Å². The van der Waals surface area contributed by atoms with Gasteiger partial charge in [0, 0.05) is 34.9 Å². The Morgan fingerprint density at radius 1 is 0.860 bits per heavy atom. The van der Waals surface area contributed by atoms with Crippen LogP contribution in [-0.2, 0) is 17.8 Å². The third-order valence-corrected chi connectivity index (χ3v) is 9.09. The lowest BCUT2D eigenvalue weighted by molar-refractivity contribution is -0.118. The lowest BCUT2D eigenvalue weighted by atomic mass is 9.79. The van der Waals surface area contributed by atoms with Crippen LogP contribution in [0.4, 0.5) is 11.4 Å². The highest BCUT2D eigenvalue weighted by Crippen LogP contribution is 2.41. The van der Waals surface area contributed by atoms with Crippen molar-refractivity contribution >= 4 is 40.5 Å². The number of piperidine rings is 1. The first kappa shape index (κ1) is 29.4. The molecule has 1 N–H and O–H groups in total. The molecule has 218 valence electrons. The van der Waals surface area contributed by atoms with Gasteiger partial charge in [-0.1, -0.05) is 89.9 Å². The normalized spacial score (nSPS) is 17.7. The van der Waals surface area contributed by atoms with Gasteiger partial charge in [-0.05, 0) is 90.4 Å². The van der Waals surface area contributed by atoms with E-state index in [1.165, 1.54) is 16.7 Å². The first-order valence-electron chi connectivity index (χ1n) is 14.8. The zero-order valence-electron chi connectivity index (χ0n) is 24.0. The molecule has 0 spiro atoms. The molecule has 43 heavy (non-hydrogen) atoms. The fourth-order valence-corrected chi connectivity index (χ4v) is 7.18. The van der Waals surface area contributed by atoms with E-state index in [0.717, 1.165) is 56.6 Å². The van der Waals surface area contributed by atoms with Crippen LogP contribution in [0.15, 0.2) is 91.0 Å². The van der Waals surface area contributed by atoms with Gasteiger partial charge in [-0.25, -0.2) is 4.85 Å². The molecule has 1 unspecified atom stereocenters. The first-order valence-corrected chi connectivity index (χ1v) is 15.6. The second-order valence-corrected chi connectivity index (χ2v) is 12.4. The molecule has 1 saturated heterocycles. The predicted molar refractivity (Wildman–Crippen MR) is 176 cm³/mol. The third-order valence-electron chi connectivity index (χ3n) is 8.65. The molecule has 1 amide bonds. The van der Waals surface area contributed by atoms with Crippen molar-refractivity contribution in [2.45, 2.75) is 31.8 Å². The maximum absolute atomic E-state index is 13.3. The Labute approximate surface area is 263 Å². The Hall–Kier alpha value is -3.66. The Balaban J connectivity index is 1.24. The number of nitrogens with one attached hydrogen (secondary N) is 1. The number of benzene rings is 4. The number of likely N-dealkylation sites (tertiary alicyclic amines) is 1. The molecule has 6 rings (SSSR count). The van der Waals surface area contributed by atoms with Crippen LogP contribution in [-0.4, -0.2) is 41.9 Å². The maximum atomic E-state index is 13.3. The number of rotatable bonds is 7. The Kier molecular flexibility index (Phi) is 9.11. The van der Waals surface area contributed by atoms with E-state index in [4.69, 9.17) is 29.8 Å². The summed E-state index contributed by atoms with van der Waals surface area (Å²) in [5, 5.41) is 4.00. The smallest absolute Gasteiger partial charge is 0.238 e. The first-order chi connectivity index (χ1) is 20.9. The van der Waals surface area contributed by atoms with Crippen molar-refractivity contribution < 1.29 is 4.79 Å². The van der Waals surface area contributed by atoms with Crippen molar-refractivity contribution in [2.75, 3.05) is 31.5 Å². The number of carbonyl (C=O) groups excluding carboxylic acids is 1. The minimum Gasteiger partial charge on any atom is -0.325 e. The van der Waals surface area contributed by atoms with Crippen LogP contribution in [0.25, 0.3) is 16.0 Å². The highest BCUT2D eigenvalue weighted by Gasteiger charge is 2.36. The van der Waals surface area contributed by atoms with Crippen LogP contribution in [0.3, 0.4) is 0 Å². The van der Waals surface area contributed by atoms with Crippen LogP contribution in [0.5, 0.6) is 0 Å². The largest absolute Gasteiger partial charge is 0.325 e. The summed E-state index contributed by atoms with van der Waals surface area (Å²) in [7, 11) is 0. The summed E-state index contributed by atoms with van der Waals surface area (Å²) in [5.41, 5.74) is 7.44. The number of carbonyl (C=O) groups is 1. The molecule has 7 heteroatoms. The minimum atomic E-state index is -0.0686. The summed E-state index contributed by atoms with van der Waals surface area (Å²) in [6, 6.07) is 30.5. The second kappa shape index (κ2) is 13.3. The van der Waals surface area contributed by atoms with Crippen molar-refractivity contribution in [3.05, 3.63) is 129 Å². The Morgan fingerprint density at radius 3 is 2.35 bits per heavy atom. The molecular formula is C36H34Cl2N4O. The highest BCUT2D eigenvalue weighted by molar-refractivity contribution is 6.35. The average molecular weight is 610 g/mol. The lowest BCUT2D eigenvalue weighted by Crippen LogP contribution is -2.46. The molecule has 0 aromatic heterocycles. The summed E-state index contributed by atoms with van der Waals surface area (Å²) >= 11 is 12.4. The van der Waals surface area contributed by atoms with Crippen LogP contribution < -0.4 is 5.32 Å². The van der Waals surface area contributed by atoms with E-state index in [-0.39, 0.29) is 11.9 Å². The van der Waals surface area contributed by atoms with Gasteiger partial charge in [0.1, 0.15) is 0 Å². The molecular weight excluding hydrogens is 575 g/mol. The summed E-state index contributed by atoms with van der Waals surface area (Å²) in [6.07, 6.45) is 3.02. The minimum absolute atomic E-state index is 0.0686. The maximum Gasteiger partial charge on any atom is 0.238 e. The molecule has 1 atom stereocenters. The van der Waals surface area contributed by atoms with Crippen molar-refractivity contribution in [3.8, 4) is 11.1 Å². The molecule has 1 fully saturated rings. The summed E-state index contributed by atoms with van der Waals surface area (Å²) in [4.78, 5) is 21.8. The van der Waals surface area contributed by atoms with Crippen molar-refractivity contribution in [1.29, 1.82) is 0 Å². The van der Waals surface area contributed by atoms with E-state index in [1.807, 2.05) is 18.2 Å². The van der Waals surface area contributed by atoms with Gasteiger partial charge in [-0.15, -0.1) is 0 Å². The fraction of sp³-hybridized carbons (Fsp3) is 0.278. The number of hydrogen-bond acceptors (Lipinski definition) is 3. The Bertz CT molecular complexity index is 1620. The molecule has 4 aromatic carbocycles. The van der Waals surface area contributed by atoms with Gasteiger partial charge in [0.15, 0.2) is 5.69 Å². The molecule has 2 aliphatic heterocycles. The van der Waals surface area contributed by atoms with Gasteiger partial charge >= 0.3 is 0 Å². The number of hydrogen-bond donors (Lipinski definition) is 1. The molecule has 0 radical (unpaired) electrons. The number of anilines is 1. The van der Waals surface area contributed by atoms with E-state index >= 15 is 0 Å². The van der Waals surface area contributed by atoms with Crippen LogP contribution >= 0.6 is 23.2 Å². The van der Waals surface area contributed by atoms with E-state index in [2.05, 4.69) is 74.6 Å².